The lowest BCUT2D eigenvalue weighted by molar-refractivity contribution is 0.117. The summed E-state index contributed by atoms with van der Waals surface area (Å²) in [6, 6.07) is 3.86. The minimum atomic E-state index is 0.0133. The summed E-state index contributed by atoms with van der Waals surface area (Å²) in [5, 5.41) is 15.9. The molecule has 1 saturated heterocycles. The fourth-order valence-electron chi connectivity index (χ4n) is 2.36. The summed E-state index contributed by atoms with van der Waals surface area (Å²) >= 11 is 0. The van der Waals surface area contributed by atoms with Gasteiger partial charge in [-0.15, -0.1) is 0 Å². The van der Waals surface area contributed by atoms with Gasteiger partial charge in [0.2, 0.25) is 0 Å². The zero-order valence-corrected chi connectivity index (χ0v) is 13.3. The SMILES string of the molecule is CC[C@H](CO)NC(=NCC1CCCO1)NCCc1ccco1. The van der Waals surface area contributed by atoms with Gasteiger partial charge < -0.3 is 24.9 Å². The van der Waals surface area contributed by atoms with Crippen LogP contribution in [-0.4, -0.2) is 49.5 Å². The topological polar surface area (TPSA) is 79.0 Å². The maximum Gasteiger partial charge on any atom is 0.191 e. The van der Waals surface area contributed by atoms with Crippen molar-refractivity contribution in [2.45, 2.75) is 44.8 Å². The van der Waals surface area contributed by atoms with Crippen LogP contribution in [0.2, 0.25) is 0 Å². The van der Waals surface area contributed by atoms with Gasteiger partial charge >= 0.3 is 0 Å². The molecule has 1 aromatic heterocycles. The second-order valence-corrected chi connectivity index (χ2v) is 5.51. The van der Waals surface area contributed by atoms with Crippen LogP contribution in [-0.2, 0) is 11.2 Å². The van der Waals surface area contributed by atoms with Gasteiger partial charge in [-0.3, -0.25) is 4.99 Å². The van der Waals surface area contributed by atoms with Crippen LogP contribution in [0.3, 0.4) is 0 Å². The van der Waals surface area contributed by atoms with Crippen molar-refractivity contribution in [3.8, 4) is 0 Å². The summed E-state index contributed by atoms with van der Waals surface area (Å²) in [7, 11) is 0. The first-order valence-corrected chi connectivity index (χ1v) is 8.11. The highest BCUT2D eigenvalue weighted by molar-refractivity contribution is 5.80. The van der Waals surface area contributed by atoms with E-state index >= 15 is 0 Å². The predicted octanol–water partition coefficient (Wildman–Crippen LogP) is 1.31. The van der Waals surface area contributed by atoms with Crippen molar-refractivity contribution in [3.63, 3.8) is 0 Å². The lowest BCUT2D eigenvalue weighted by Gasteiger charge is -2.19. The molecule has 0 bridgehead atoms. The van der Waals surface area contributed by atoms with E-state index < -0.39 is 0 Å². The normalized spacial score (nSPS) is 20.1. The van der Waals surface area contributed by atoms with Crippen LogP contribution in [0.5, 0.6) is 0 Å². The van der Waals surface area contributed by atoms with Crippen LogP contribution in [0.25, 0.3) is 0 Å². The Hall–Kier alpha value is -1.53. The second-order valence-electron chi connectivity index (χ2n) is 5.51. The quantitative estimate of drug-likeness (QED) is 0.498. The van der Waals surface area contributed by atoms with E-state index in [9.17, 15) is 5.11 Å². The molecule has 1 fully saturated rings. The third-order valence-electron chi connectivity index (χ3n) is 3.78. The van der Waals surface area contributed by atoms with Crippen molar-refractivity contribution in [1.29, 1.82) is 0 Å². The Labute approximate surface area is 132 Å². The number of aliphatic imine (C=N–C) groups is 1. The number of hydrogen-bond acceptors (Lipinski definition) is 4. The van der Waals surface area contributed by atoms with Crippen molar-refractivity contribution in [1.82, 2.24) is 10.6 Å². The van der Waals surface area contributed by atoms with Crippen LogP contribution in [0.4, 0.5) is 0 Å². The molecule has 1 aliphatic heterocycles. The van der Waals surface area contributed by atoms with E-state index in [1.54, 1.807) is 6.26 Å². The Balaban J connectivity index is 1.83. The molecule has 1 aliphatic rings. The lowest BCUT2D eigenvalue weighted by atomic mass is 10.2. The molecule has 0 aliphatic carbocycles. The first kappa shape index (κ1) is 16.8. The monoisotopic (exact) mass is 309 g/mol. The van der Waals surface area contributed by atoms with E-state index in [1.165, 1.54) is 0 Å². The Morgan fingerprint density at radius 1 is 1.55 bits per heavy atom. The molecule has 0 spiro atoms. The van der Waals surface area contributed by atoms with E-state index in [4.69, 9.17) is 9.15 Å². The zero-order chi connectivity index (χ0) is 15.6. The van der Waals surface area contributed by atoms with Crippen LogP contribution >= 0.6 is 0 Å². The first-order chi connectivity index (χ1) is 10.8. The maximum atomic E-state index is 9.35. The van der Waals surface area contributed by atoms with Crippen LogP contribution < -0.4 is 10.6 Å². The fraction of sp³-hybridized carbons (Fsp3) is 0.688. The summed E-state index contributed by atoms with van der Waals surface area (Å²) < 4.78 is 10.9. The highest BCUT2D eigenvalue weighted by Crippen LogP contribution is 2.11. The Morgan fingerprint density at radius 2 is 2.45 bits per heavy atom. The van der Waals surface area contributed by atoms with Crippen molar-refractivity contribution in [2.24, 2.45) is 4.99 Å². The summed E-state index contributed by atoms with van der Waals surface area (Å²) in [6.45, 7) is 4.34. The van der Waals surface area contributed by atoms with E-state index in [-0.39, 0.29) is 18.8 Å². The van der Waals surface area contributed by atoms with Gasteiger partial charge in [-0.2, -0.15) is 0 Å². The highest BCUT2D eigenvalue weighted by atomic mass is 16.5. The minimum Gasteiger partial charge on any atom is -0.469 e. The molecular weight excluding hydrogens is 282 g/mol. The smallest absolute Gasteiger partial charge is 0.191 e. The Kier molecular flexibility index (Phi) is 7.25. The molecule has 1 aromatic rings. The number of aliphatic hydroxyl groups excluding tert-OH is 1. The predicted molar refractivity (Wildman–Crippen MR) is 86.0 cm³/mol. The van der Waals surface area contributed by atoms with Crippen LogP contribution in [0.1, 0.15) is 31.9 Å². The lowest BCUT2D eigenvalue weighted by Crippen LogP contribution is -2.45. The average molecular weight is 309 g/mol. The van der Waals surface area contributed by atoms with Gasteiger partial charge in [0, 0.05) is 19.6 Å². The third kappa shape index (κ3) is 5.69. The standard InChI is InChI=1S/C16H27N3O3/c1-2-13(12-20)19-16(18-11-15-6-4-10-22-15)17-8-7-14-5-3-9-21-14/h3,5,9,13,15,20H,2,4,6-8,10-12H2,1H3,(H2,17,18,19)/t13-,15?/m1/s1. The number of ether oxygens (including phenoxy) is 1. The van der Waals surface area contributed by atoms with Gasteiger partial charge in [0.25, 0.3) is 0 Å². The van der Waals surface area contributed by atoms with Gasteiger partial charge in [-0.1, -0.05) is 6.92 Å². The highest BCUT2D eigenvalue weighted by Gasteiger charge is 2.15. The molecule has 0 radical (unpaired) electrons. The number of guanidine groups is 1. The molecule has 2 atom stereocenters. The Bertz CT molecular complexity index is 424. The molecular formula is C16H27N3O3. The molecule has 2 heterocycles. The number of nitrogens with zero attached hydrogens (tertiary/aromatic N) is 1. The number of nitrogens with one attached hydrogen (secondary N) is 2. The summed E-state index contributed by atoms with van der Waals surface area (Å²) in [6.07, 6.45) is 5.72. The summed E-state index contributed by atoms with van der Waals surface area (Å²) in [5.41, 5.74) is 0. The molecule has 0 saturated carbocycles. The summed E-state index contributed by atoms with van der Waals surface area (Å²) in [4.78, 5) is 4.59. The molecule has 124 valence electrons. The van der Waals surface area contributed by atoms with Crippen molar-refractivity contribution >= 4 is 5.96 Å². The van der Waals surface area contributed by atoms with Crippen LogP contribution in [0, 0.1) is 0 Å². The van der Waals surface area contributed by atoms with Gasteiger partial charge in [0.05, 0.1) is 31.6 Å². The molecule has 0 amide bonds. The van der Waals surface area contributed by atoms with Crippen LogP contribution in [0.15, 0.2) is 27.8 Å². The van der Waals surface area contributed by atoms with Gasteiger partial charge in [-0.25, -0.2) is 0 Å². The minimum absolute atomic E-state index is 0.0133. The average Bonchev–Trinajstić information content (AvgIpc) is 3.22. The van der Waals surface area contributed by atoms with Crippen molar-refractivity contribution in [2.75, 3.05) is 26.3 Å². The van der Waals surface area contributed by atoms with Gasteiger partial charge in [-0.05, 0) is 31.4 Å². The fourth-order valence-corrected chi connectivity index (χ4v) is 2.36. The van der Waals surface area contributed by atoms with E-state index in [2.05, 4.69) is 15.6 Å². The molecule has 0 aromatic carbocycles. The summed E-state index contributed by atoms with van der Waals surface area (Å²) in [5.74, 6) is 1.67. The molecule has 6 heteroatoms. The third-order valence-corrected chi connectivity index (χ3v) is 3.78. The van der Waals surface area contributed by atoms with E-state index in [0.29, 0.717) is 6.54 Å². The van der Waals surface area contributed by atoms with Gasteiger partial charge in [0.15, 0.2) is 5.96 Å². The molecule has 1 unspecified atom stereocenters. The number of aliphatic hydroxyl groups is 1. The molecule has 22 heavy (non-hydrogen) atoms. The Morgan fingerprint density at radius 3 is 3.09 bits per heavy atom. The maximum absolute atomic E-state index is 9.35. The van der Waals surface area contributed by atoms with Crippen molar-refractivity contribution < 1.29 is 14.3 Å². The largest absolute Gasteiger partial charge is 0.469 e. The number of rotatable bonds is 8. The number of hydrogen-bond donors (Lipinski definition) is 3. The van der Waals surface area contributed by atoms with Gasteiger partial charge in [0.1, 0.15) is 5.76 Å². The molecule has 6 nitrogen and oxygen atoms in total. The zero-order valence-electron chi connectivity index (χ0n) is 13.3. The number of furan rings is 1. The molecule has 2 rings (SSSR count). The van der Waals surface area contributed by atoms with E-state index in [0.717, 1.165) is 50.6 Å². The molecule has 3 N–H and O–H groups in total. The second kappa shape index (κ2) is 9.48. The van der Waals surface area contributed by atoms with E-state index in [1.807, 2.05) is 19.1 Å². The van der Waals surface area contributed by atoms with Crippen molar-refractivity contribution in [3.05, 3.63) is 24.2 Å². The first-order valence-electron chi connectivity index (χ1n) is 8.11.